The zero-order valence-electron chi connectivity index (χ0n) is 61.2. The second kappa shape index (κ2) is 50.8. The van der Waals surface area contributed by atoms with Crippen LogP contribution in [0.4, 0.5) is 0 Å². The van der Waals surface area contributed by atoms with Crippen LogP contribution in [0.25, 0.3) is 0 Å². The number of primary amides is 2. The van der Waals surface area contributed by atoms with Gasteiger partial charge in [-0.1, -0.05) is 76.6 Å². The fraction of sp³-hybridized carbons (Fsp3) is 0.582. The highest BCUT2D eigenvalue weighted by Crippen LogP contribution is 2.15. The molecule has 602 valence electrons. The molecule has 31 N–H and O–H groups in total. The summed E-state index contributed by atoms with van der Waals surface area (Å²) in [5.74, 6) is -15.7. The molecule has 14 amide bonds. The maximum Gasteiger partial charge on any atom is 0.244 e. The molecule has 0 aliphatic rings. The van der Waals surface area contributed by atoms with E-state index < -0.39 is 186 Å². The molecule has 2 aromatic rings. The van der Waals surface area contributed by atoms with Gasteiger partial charge in [-0.15, -0.1) is 0 Å². The van der Waals surface area contributed by atoms with Gasteiger partial charge < -0.3 is 121 Å². The van der Waals surface area contributed by atoms with Gasteiger partial charge in [0.1, 0.15) is 72.2 Å². The normalized spacial score (nSPS) is 14.4. The molecule has 2 aromatic carbocycles. The number of rotatable bonds is 52. The molecule has 0 aliphatic carbocycles. The van der Waals surface area contributed by atoms with Crippen molar-refractivity contribution in [1.29, 1.82) is 0 Å². The number of phenols is 1. The number of hydrogen-bond acceptors (Lipinski definition) is 23. The second-order valence-electron chi connectivity index (χ2n) is 26.0. The lowest BCUT2D eigenvalue weighted by Crippen LogP contribution is -2.62. The number of guanidine groups is 2. The molecule has 0 saturated carbocycles. The first-order valence-corrected chi connectivity index (χ1v) is 37.1. The summed E-state index contributed by atoms with van der Waals surface area (Å²) in [7, 11) is 0. The molecule has 0 aliphatic heterocycles. The molecule has 12 atom stereocenters. The number of benzene rings is 2. The van der Waals surface area contributed by atoms with Gasteiger partial charge in [-0.05, 0) is 106 Å². The molecular weight excluding hydrogens is 1460 g/mol. The van der Waals surface area contributed by atoms with Gasteiger partial charge in [0, 0.05) is 43.2 Å². The predicted octanol–water partition coefficient (Wildman–Crippen LogP) is -7.22. The van der Waals surface area contributed by atoms with Crippen LogP contribution in [0.1, 0.15) is 109 Å². The Bertz CT molecular complexity index is 3350. The van der Waals surface area contributed by atoms with Gasteiger partial charge >= 0.3 is 0 Å². The van der Waals surface area contributed by atoms with Crippen LogP contribution in [0.3, 0.4) is 0 Å². The number of unbranched alkanes of at least 4 members (excludes halogenated alkanes) is 2. The molecule has 0 aromatic heterocycles. The van der Waals surface area contributed by atoms with Crippen LogP contribution >= 0.6 is 37.9 Å². The molecular formula is C67H111N23O15S3. The van der Waals surface area contributed by atoms with Crippen molar-refractivity contribution < 1.29 is 72.2 Å². The smallest absolute Gasteiger partial charge is 0.244 e. The Labute approximate surface area is 644 Å². The van der Waals surface area contributed by atoms with E-state index in [1.165, 1.54) is 24.3 Å². The molecule has 108 heavy (non-hydrogen) atoms. The standard InChI is InChI=1S/C67H111N23O15S3/c1-35(2)52(64(104)88-49(34-108)63(103)90-53(36(3)4)65(105)87-48(33-107)61(101)81-41(54(72)94)18-12-26-77-66(73)74)89-58(98)43(19-13-27-78-67(75)76)82-57(97)42(17-9-11-25-69)80-51(93)31-79-56(96)46(30-50(71)92)85-62(102)47(32-106)86-60(100)45(29-38-20-22-39(91)23-21-38)84-59(99)44(28-37-14-6-5-7-15-37)83-55(95)40(70)16-8-10-24-68/h5-7,14-15,20-23,35-36,40-49,52-53,91,106-108H,8-13,16-19,24-34,68-70H2,1-4H3,(H2,71,92)(H2,72,94)(H,79,96)(H,80,93)(H,81,101)(H,82,97)(H,83,95)(H,84,99)(H,85,102)(H,86,100)(H,87,105)(H,88,104)(H,89,98)(H,90,103)(H4,73,74,77)(H4,75,76,78)/t40-,41-,42-,43-,44-,45-,46-,47-,48-,49-,52-,53-/m0/s1. The van der Waals surface area contributed by atoms with E-state index in [1.807, 2.05) is 0 Å². The molecule has 0 heterocycles. The fourth-order valence-electron chi connectivity index (χ4n) is 10.4. The number of carbonyl (C=O) groups is 14. The van der Waals surface area contributed by atoms with Crippen molar-refractivity contribution in [3.8, 4) is 5.75 Å². The minimum absolute atomic E-state index is 0.0299. The monoisotopic (exact) mass is 1570 g/mol. The Morgan fingerprint density at radius 1 is 0.398 bits per heavy atom. The van der Waals surface area contributed by atoms with E-state index >= 15 is 0 Å². The predicted molar refractivity (Wildman–Crippen MR) is 414 cm³/mol. The third kappa shape index (κ3) is 36.3. The number of amides is 14. The maximum absolute atomic E-state index is 14.4. The Hall–Kier alpha value is -9.71. The number of thiol groups is 3. The van der Waals surface area contributed by atoms with Crippen molar-refractivity contribution in [2.45, 2.75) is 184 Å². The van der Waals surface area contributed by atoms with Crippen LogP contribution in [0.2, 0.25) is 0 Å². The third-order valence-electron chi connectivity index (χ3n) is 16.4. The van der Waals surface area contributed by atoms with Crippen molar-refractivity contribution in [2.75, 3.05) is 50.0 Å². The number of hydrogen-bond donors (Lipinski definition) is 25. The van der Waals surface area contributed by atoms with Crippen molar-refractivity contribution in [1.82, 2.24) is 63.8 Å². The topological polar surface area (TPSA) is 662 Å². The van der Waals surface area contributed by atoms with E-state index in [2.05, 4.69) is 112 Å². The molecule has 0 unspecified atom stereocenters. The van der Waals surface area contributed by atoms with E-state index in [0.717, 1.165) is 0 Å². The number of nitrogens with one attached hydrogen (secondary N) is 12. The van der Waals surface area contributed by atoms with Crippen LogP contribution < -0.4 is 115 Å². The fourth-order valence-corrected chi connectivity index (χ4v) is 11.1. The van der Waals surface area contributed by atoms with E-state index in [1.54, 1.807) is 58.0 Å². The minimum atomic E-state index is -1.79. The molecule has 0 spiro atoms. The van der Waals surface area contributed by atoms with E-state index in [4.69, 9.17) is 51.6 Å². The number of nitrogens with two attached hydrogens (primary N) is 9. The summed E-state index contributed by atoms with van der Waals surface area (Å²) in [4.78, 5) is 200. The second-order valence-corrected chi connectivity index (χ2v) is 27.1. The zero-order chi connectivity index (χ0) is 81.2. The van der Waals surface area contributed by atoms with Crippen molar-refractivity contribution in [3.63, 3.8) is 0 Å². The first-order valence-electron chi connectivity index (χ1n) is 35.2. The summed E-state index contributed by atoms with van der Waals surface area (Å²) >= 11 is 12.7. The van der Waals surface area contributed by atoms with Crippen LogP contribution in [0, 0.1) is 11.8 Å². The van der Waals surface area contributed by atoms with Crippen LogP contribution in [0.5, 0.6) is 5.75 Å². The van der Waals surface area contributed by atoms with Crippen LogP contribution in [-0.2, 0) is 80.0 Å². The molecule has 0 radical (unpaired) electrons. The molecule has 2 rings (SSSR count). The molecule has 38 nitrogen and oxygen atoms in total. The van der Waals surface area contributed by atoms with E-state index in [0.29, 0.717) is 36.9 Å². The van der Waals surface area contributed by atoms with Crippen LogP contribution in [-0.4, -0.2) is 222 Å². The van der Waals surface area contributed by atoms with Gasteiger partial charge in [-0.25, -0.2) is 0 Å². The number of phenolic OH excluding ortho intramolecular Hbond substituents is 1. The van der Waals surface area contributed by atoms with Crippen LogP contribution in [0.15, 0.2) is 64.6 Å². The molecule has 0 bridgehead atoms. The highest BCUT2D eigenvalue weighted by atomic mass is 32.1. The lowest BCUT2D eigenvalue weighted by atomic mass is 10.0. The average molecular weight is 1570 g/mol. The third-order valence-corrected chi connectivity index (χ3v) is 17.5. The summed E-state index contributed by atoms with van der Waals surface area (Å²) in [6, 6.07) is -2.30. The number of aliphatic imine (C=N–C) groups is 2. The SMILES string of the molecule is CC(C)[C@H](NC(=O)[C@H](CS)NC(=O)[C@@H](NC(=O)[C@H](CCCN=C(N)N)NC(=O)[C@H](CCCCN)NC(=O)CNC(=O)[C@H](CC(N)=O)NC(=O)[C@H](CS)NC(=O)[C@H](Cc1ccc(O)cc1)NC(=O)[C@H](Cc1ccccc1)NC(=O)[C@@H](N)CCCCN)C(C)C)C(=O)N[C@@H](CS)C(=O)N[C@@H](CCCN=C(N)N)C(N)=O. The molecule has 41 heteroatoms. The Morgan fingerprint density at radius 3 is 1.20 bits per heavy atom. The zero-order valence-corrected chi connectivity index (χ0v) is 63.9. The summed E-state index contributed by atoms with van der Waals surface area (Å²) < 4.78 is 0. The Kier molecular flexibility index (Phi) is 44.4. The highest BCUT2D eigenvalue weighted by molar-refractivity contribution is 7.80. The number of carbonyl (C=O) groups excluding carboxylic acids is 14. The van der Waals surface area contributed by atoms with Crippen molar-refractivity contribution >= 4 is 133 Å². The summed E-state index contributed by atoms with van der Waals surface area (Å²) in [6.45, 7) is 6.12. The van der Waals surface area contributed by atoms with Crippen molar-refractivity contribution in [3.05, 3.63) is 65.7 Å². The average Bonchev–Trinajstić information content (AvgIpc) is 0.885. The van der Waals surface area contributed by atoms with E-state index in [9.17, 15) is 72.2 Å². The van der Waals surface area contributed by atoms with Gasteiger partial charge in [0.05, 0.1) is 19.0 Å². The molecule has 0 saturated heterocycles. The lowest BCUT2D eigenvalue weighted by molar-refractivity contribution is -0.136. The van der Waals surface area contributed by atoms with Gasteiger partial charge in [-0.3, -0.25) is 77.1 Å². The quantitative estimate of drug-likeness (QED) is 0.0127. The Balaban J connectivity index is 2.36. The first-order chi connectivity index (χ1) is 51.1. The first kappa shape index (κ1) is 94.4. The molecule has 0 fully saturated rings. The van der Waals surface area contributed by atoms with Gasteiger partial charge in [-0.2, -0.15) is 37.9 Å². The summed E-state index contributed by atoms with van der Waals surface area (Å²) in [6.07, 6.45) is 1.10. The Morgan fingerprint density at radius 2 is 0.759 bits per heavy atom. The largest absolute Gasteiger partial charge is 0.508 e. The van der Waals surface area contributed by atoms with Crippen molar-refractivity contribution in [2.24, 2.45) is 73.4 Å². The summed E-state index contributed by atoms with van der Waals surface area (Å²) in [5.41, 5.74) is 51.5. The maximum atomic E-state index is 14.4. The van der Waals surface area contributed by atoms with E-state index in [-0.39, 0.29) is 107 Å². The summed E-state index contributed by atoms with van der Waals surface area (Å²) in [5, 5.41) is 40.4. The minimum Gasteiger partial charge on any atom is -0.508 e. The van der Waals surface area contributed by atoms with Gasteiger partial charge in [0.15, 0.2) is 11.9 Å². The highest BCUT2D eigenvalue weighted by Gasteiger charge is 2.37. The van der Waals surface area contributed by atoms with Gasteiger partial charge in [0.25, 0.3) is 0 Å². The number of aromatic hydroxyl groups is 1. The number of nitrogens with zero attached hydrogens (tertiary/aromatic N) is 2. The lowest BCUT2D eigenvalue weighted by Gasteiger charge is -2.29. The van der Waals surface area contributed by atoms with Gasteiger partial charge in [0.2, 0.25) is 82.7 Å².